The van der Waals surface area contributed by atoms with E-state index < -0.39 is 0 Å². The minimum absolute atomic E-state index is 0.114. The minimum atomic E-state index is -0.239. The van der Waals surface area contributed by atoms with Crippen molar-refractivity contribution in [1.29, 1.82) is 0 Å². The zero-order chi connectivity index (χ0) is 12.4. The van der Waals surface area contributed by atoms with Crippen molar-refractivity contribution in [3.63, 3.8) is 0 Å². The number of nitrogens with zero attached hydrogens (tertiary/aromatic N) is 1. The highest BCUT2D eigenvalue weighted by atomic mass is 35.5. The van der Waals surface area contributed by atoms with Crippen molar-refractivity contribution >= 4 is 28.4 Å². The Morgan fingerprint density at radius 3 is 2.59 bits per heavy atom. The smallest absolute Gasteiger partial charge is 0.226 e. The Bertz CT molecular complexity index is 404. The van der Waals surface area contributed by atoms with Crippen LogP contribution in [0.4, 0.5) is 0 Å². The van der Waals surface area contributed by atoms with Crippen molar-refractivity contribution in [2.75, 3.05) is 20.1 Å². The van der Waals surface area contributed by atoms with Crippen molar-refractivity contribution in [3.8, 4) is 0 Å². The molecule has 17 heavy (non-hydrogen) atoms. The summed E-state index contributed by atoms with van der Waals surface area (Å²) in [5.74, 6) is 0.102. The predicted molar refractivity (Wildman–Crippen MR) is 70.7 cm³/mol. The summed E-state index contributed by atoms with van der Waals surface area (Å²) < 4.78 is 0. The SMILES string of the molecule is CN1CC[C@H](c2ccc(Cl)cc2)[C@@H](C(=O)Cl)C1. The van der Waals surface area contributed by atoms with Crippen molar-refractivity contribution < 1.29 is 4.79 Å². The quantitative estimate of drug-likeness (QED) is 0.771. The van der Waals surface area contributed by atoms with Crippen LogP contribution in [0.5, 0.6) is 0 Å². The number of hydrogen-bond acceptors (Lipinski definition) is 2. The van der Waals surface area contributed by atoms with Crippen LogP contribution >= 0.6 is 23.2 Å². The summed E-state index contributed by atoms with van der Waals surface area (Å²) in [5, 5.41) is 0.479. The zero-order valence-electron chi connectivity index (χ0n) is 9.70. The van der Waals surface area contributed by atoms with E-state index in [0.29, 0.717) is 0 Å². The normalized spacial score (nSPS) is 25.8. The Labute approximate surface area is 112 Å². The molecule has 1 saturated heterocycles. The van der Waals surface area contributed by atoms with Gasteiger partial charge in [-0.25, -0.2) is 0 Å². The summed E-state index contributed by atoms with van der Waals surface area (Å²) in [6, 6.07) is 7.71. The molecule has 2 nitrogen and oxygen atoms in total. The molecular formula is C13H15Cl2NO. The third-order valence-corrected chi connectivity index (χ3v) is 3.94. The van der Waals surface area contributed by atoms with Gasteiger partial charge in [-0.2, -0.15) is 0 Å². The van der Waals surface area contributed by atoms with Gasteiger partial charge in [0.1, 0.15) is 0 Å². The van der Waals surface area contributed by atoms with Gasteiger partial charge in [-0.15, -0.1) is 0 Å². The molecule has 0 bridgehead atoms. The Morgan fingerprint density at radius 1 is 1.35 bits per heavy atom. The number of rotatable bonds is 2. The average molecular weight is 272 g/mol. The first-order chi connectivity index (χ1) is 8.08. The van der Waals surface area contributed by atoms with Gasteiger partial charge in [0, 0.05) is 11.6 Å². The van der Waals surface area contributed by atoms with Crippen molar-refractivity contribution in [2.45, 2.75) is 12.3 Å². The zero-order valence-corrected chi connectivity index (χ0v) is 11.2. The molecule has 0 saturated carbocycles. The standard InChI is InChI=1S/C13H15Cl2NO/c1-16-7-6-11(12(8-16)13(15)17)9-2-4-10(14)5-3-9/h2-5,11-12H,6-8H2,1H3/t11-,12+/m1/s1. The molecule has 1 aromatic rings. The molecule has 0 unspecified atom stereocenters. The molecule has 0 N–H and O–H groups in total. The second kappa shape index (κ2) is 5.38. The Balaban J connectivity index is 2.23. The van der Waals surface area contributed by atoms with Gasteiger partial charge in [0.2, 0.25) is 5.24 Å². The largest absolute Gasteiger partial charge is 0.306 e. The van der Waals surface area contributed by atoms with Gasteiger partial charge >= 0.3 is 0 Å². The van der Waals surface area contributed by atoms with E-state index >= 15 is 0 Å². The lowest BCUT2D eigenvalue weighted by Crippen LogP contribution is -2.39. The summed E-state index contributed by atoms with van der Waals surface area (Å²) >= 11 is 11.6. The van der Waals surface area contributed by atoms with E-state index in [1.807, 2.05) is 31.3 Å². The monoisotopic (exact) mass is 271 g/mol. The molecule has 2 atom stereocenters. The molecule has 1 fully saturated rings. The van der Waals surface area contributed by atoms with E-state index in [9.17, 15) is 4.79 Å². The fraction of sp³-hybridized carbons (Fsp3) is 0.462. The molecular weight excluding hydrogens is 257 g/mol. The fourth-order valence-corrected chi connectivity index (χ4v) is 2.80. The third-order valence-electron chi connectivity index (χ3n) is 3.41. The van der Waals surface area contributed by atoms with Crippen LogP contribution in [-0.2, 0) is 4.79 Å². The van der Waals surface area contributed by atoms with Crippen LogP contribution in [0.15, 0.2) is 24.3 Å². The van der Waals surface area contributed by atoms with Gasteiger partial charge < -0.3 is 4.90 Å². The van der Waals surface area contributed by atoms with Gasteiger partial charge in [-0.3, -0.25) is 4.79 Å². The van der Waals surface area contributed by atoms with Crippen LogP contribution in [0.25, 0.3) is 0 Å². The van der Waals surface area contributed by atoms with Crippen LogP contribution < -0.4 is 0 Å². The van der Waals surface area contributed by atoms with Crippen LogP contribution in [0.3, 0.4) is 0 Å². The van der Waals surface area contributed by atoms with Gasteiger partial charge in [-0.05, 0) is 55.2 Å². The molecule has 92 valence electrons. The van der Waals surface area contributed by atoms with E-state index in [0.717, 1.165) is 30.1 Å². The highest BCUT2D eigenvalue weighted by Crippen LogP contribution is 2.34. The highest BCUT2D eigenvalue weighted by molar-refractivity contribution is 6.64. The summed E-state index contributed by atoms with van der Waals surface area (Å²) in [6.07, 6.45) is 0.960. The second-order valence-corrected chi connectivity index (χ2v) is 5.43. The number of carbonyl (C=O) groups excluding carboxylic acids is 1. The van der Waals surface area contributed by atoms with Gasteiger partial charge in [0.05, 0.1) is 5.92 Å². The van der Waals surface area contributed by atoms with Gasteiger partial charge in [0.25, 0.3) is 0 Å². The lowest BCUT2D eigenvalue weighted by atomic mass is 9.81. The van der Waals surface area contributed by atoms with E-state index in [4.69, 9.17) is 23.2 Å². The lowest BCUT2D eigenvalue weighted by Gasteiger charge is -2.35. The molecule has 1 aliphatic rings. The molecule has 0 radical (unpaired) electrons. The van der Waals surface area contributed by atoms with Crippen molar-refractivity contribution in [2.24, 2.45) is 5.92 Å². The van der Waals surface area contributed by atoms with Crippen LogP contribution in [-0.4, -0.2) is 30.3 Å². The topological polar surface area (TPSA) is 20.3 Å². The van der Waals surface area contributed by atoms with E-state index in [-0.39, 0.29) is 17.1 Å². The molecule has 4 heteroatoms. The predicted octanol–water partition coefficient (Wildman–Crippen LogP) is 3.14. The third kappa shape index (κ3) is 3.01. The second-order valence-electron chi connectivity index (χ2n) is 4.62. The summed E-state index contributed by atoms with van der Waals surface area (Å²) in [4.78, 5) is 13.7. The number of carbonyl (C=O) groups is 1. The molecule has 0 amide bonds. The number of halogens is 2. The van der Waals surface area contributed by atoms with E-state index in [1.54, 1.807) is 0 Å². The molecule has 1 aromatic carbocycles. The van der Waals surface area contributed by atoms with Gasteiger partial charge in [-0.1, -0.05) is 23.7 Å². The molecule has 0 aliphatic carbocycles. The summed E-state index contributed by atoms with van der Waals surface area (Å²) in [5.41, 5.74) is 1.15. The molecule has 1 aliphatic heterocycles. The number of piperidine rings is 1. The van der Waals surface area contributed by atoms with Crippen LogP contribution in [0.2, 0.25) is 5.02 Å². The maximum atomic E-state index is 11.5. The molecule has 0 spiro atoms. The van der Waals surface area contributed by atoms with E-state index in [2.05, 4.69) is 4.90 Å². The first kappa shape index (κ1) is 12.9. The fourth-order valence-electron chi connectivity index (χ4n) is 2.45. The molecule has 2 rings (SSSR count). The first-order valence-electron chi connectivity index (χ1n) is 5.71. The van der Waals surface area contributed by atoms with Crippen LogP contribution in [0.1, 0.15) is 17.9 Å². The number of likely N-dealkylation sites (tertiary alicyclic amines) is 1. The number of benzene rings is 1. The van der Waals surface area contributed by atoms with Crippen LogP contribution in [0, 0.1) is 5.92 Å². The Morgan fingerprint density at radius 2 is 2.00 bits per heavy atom. The Kier molecular flexibility index (Phi) is 4.08. The maximum Gasteiger partial charge on any atom is 0.226 e. The maximum absolute atomic E-state index is 11.5. The van der Waals surface area contributed by atoms with Crippen molar-refractivity contribution in [3.05, 3.63) is 34.9 Å². The summed E-state index contributed by atoms with van der Waals surface area (Å²) in [7, 11) is 2.02. The van der Waals surface area contributed by atoms with Crippen molar-refractivity contribution in [1.82, 2.24) is 4.90 Å². The Hall–Kier alpha value is -0.570. The summed E-state index contributed by atoms with van der Waals surface area (Å²) in [6.45, 7) is 1.73. The number of hydrogen-bond donors (Lipinski definition) is 0. The lowest BCUT2D eigenvalue weighted by molar-refractivity contribution is -0.117. The minimum Gasteiger partial charge on any atom is -0.306 e. The molecule has 0 aromatic heterocycles. The van der Waals surface area contributed by atoms with E-state index in [1.165, 1.54) is 0 Å². The van der Waals surface area contributed by atoms with Gasteiger partial charge in [0.15, 0.2) is 0 Å². The average Bonchev–Trinajstić information content (AvgIpc) is 2.30. The highest BCUT2D eigenvalue weighted by Gasteiger charge is 2.33. The first-order valence-corrected chi connectivity index (χ1v) is 6.47. The molecule has 1 heterocycles.